The molecule has 1 aliphatic heterocycles. The molecule has 1 saturated heterocycles. The van der Waals surface area contributed by atoms with Gasteiger partial charge in [0.15, 0.2) is 11.5 Å². The topological polar surface area (TPSA) is 79.6 Å². The molecule has 0 spiro atoms. The number of fused-ring (bicyclic) bond motifs is 1. The summed E-state index contributed by atoms with van der Waals surface area (Å²) in [5.41, 5.74) is -0.887. The van der Waals surface area contributed by atoms with E-state index in [1.54, 1.807) is 0 Å². The minimum atomic E-state index is -4.57. The lowest BCUT2D eigenvalue weighted by molar-refractivity contribution is -0.137. The van der Waals surface area contributed by atoms with Crippen LogP contribution in [0, 0.1) is 0 Å². The maximum Gasteiger partial charge on any atom is 0.417 e. The molecule has 3 heterocycles. The molecule has 1 aliphatic rings. The fraction of sp³-hybridized carbons (Fsp3) is 0.385. The number of nitrogens with one attached hydrogen (secondary N) is 1. The number of hydrogen-bond donors (Lipinski definition) is 1. The van der Waals surface area contributed by atoms with E-state index in [-0.39, 0.29) is 34.8 Å². The van der Waals surface area contributed by atoms with Crippen molar-refractivity contribution in [2.45, 2.75) is 12.7 Å². The van der Waals surface area contributed by atoms with E-state index in [1.807, 2.05) is 0 Å². The SMILES string of the molecule is O=C(CN1CCSC1=O)NCc1nnc2c(Cl)cc(C(F)(F)F)cn12. The monoisotopic (exact) mass is 393 g/mol. The standard InChI is InChI=1S/C13H11ClF3N5O2S/c14-8-3-7(13(15,16)17)5-22-9(19-20-11(8)22)4-18-10(23)6-21-1-2-25-12(21)24/h3,5H,1-2,4,6H2,(H,18,23). The summed E-state index contributed by atoms with van der Waals surface area (Å²) in [5.74, 6) is 0.281. The van der Waals surface area contributed by atoms with Crippen LogP contribution < -0.4 is 5.32 Å². The van der Waals surface area contributed by atoms with Gasteiger partial charge in [0.2, 0.25) is 5.91 Å². The minimum Gasteiger partial charge on any atom is -0.347 e. The van der Waals surface area contributed by atoms with Gasteiger partial charge < -0.3 is 10.2 Å². The van der Waals surface area contributed by atoms with Crippen LogP contribution in [0.2, 0.25) is 5.02 Å². The van der Waals surface area contributed by atoms with E-state index in [1.165, 1.54) is 4.90 Å². The summed E-state index contributed by atoms with van der Waals surface area (Å²) in [6, 6.07) is 0.768. The lowest BCUT2D eigenvalue weighted by Crippen LogP contribution is -2.37. The van der Waals surface area contributed by atoms with Crippen molar-refractivity contribution in [3.05, 3.63) is 28.7 Å². The molecule has 134 valence electrons. The van der Waals surface area contributed by atoms with Gasteiger partial charge in [0.05, 0.1) is 17.1 Å². The molecule has 7 nitrogen and oxygen atoms in total. The smallest absolute Gasteiger partial charge is 0.347 e. The molecule has 1 fully saturated rings. The van der Waals surface area contributed by atoms with Gasteiger partial charge in [-0.05, 0) is 6.07 Å². The van der Waals surface area contributed by atoms with Crippen LogP contribution >= 0.6 is 23.4 Å². The third-order valence-electron chi connectivity index (χ3n) is 3.48. The molecule has 2 amide bonds. The molecule has 25 heavy (non-hydrogen) atoms. The first kappa shape index (κ1) is 17.8. The Morgan fingerprint density at radius 1 is 1.40 bits per heavy atom. The van der Waals surface area contributed by atoms with E-state index in [2.05, 4.69) is 15.5 Å². The molecule has 0 bridgehead atoms. The Bertz CT molecular complexity index is 841. The normalized spacial score (nSPS) is 15.2. The van der Waals surface area contributed by atoms with Gasteiger partial charge in [-0.25, -0.2) is 0 Å². The summed E-state index contributed by atoms with van der Waals surface area (Å²) in [6.07, 6.45) is -3.75. The largest absolute Gasteiger partial charge is 0.417 e. The predicted molar refractivity (Wildman–Crippen MR) is 84.3 cm³/mol. The fourth-order valence-corrected chi connectivity index (χ4v) is 3.32. The van der Waals surface area contributed by atoms with E-state index in [0.29, 0.717) is 12.3 Å². The van der Waals surface area contributed by atoms with Gasteiger partial charge in [-0.3, -0.25) is 14.0 Å². The van der Waals surface area contributed by atoms with Crippen molar-refractivity contribution in [1.82, 2.24) is 24.8 Å². The highest BCUT2D eigenvalue weighted by Gasteiger charge is 2.32. The number of nitrogens with zero attached hydrogens (tertiary/aromatic N) is 4. The van der Waals surface area contributed by atoms with Crippen LogP contribution in [0.3, 0.4) is 0 Å². The van der Waals surface area contributed by atoms with Crippen LogP contribution in [0.4, 0.5) is 18.0 Å². The Kier molecular flexibility index (Phi) is 4.78. The molecule has 0 radical (unpaired) electrons. The zero-order chi connectivity index (χ0) is 18.2. The maximum atomic E-state index is 12.9. The second-order valence-corrected chi connectivity index (χ2v) is 6.65. The molecule has 0 atom stereocenters. The zero-order valence-electron chi connectivity index (χ0n) is 12.5. The van der Waals surface area contributed by atoms with Crippen molar-refractivity contribution in [1.29, 1.82) is 0 Å². The first-order valence-electron chi connectivity index (χ1n) is 7.04. The Hall–Kier alpha value is -2.01. The van der Waals surface area contributed by atoms with Gasteiger partial charge >= 0.3 is 6.18 Å². The van der Waals surface area contributed by atoms with Crippen molar-refractivity contribution in [3.63, 3.8) is 0 Å². The Morgan fingerprint density at radius 3 is 2.80 bits per heavy atom. The highest BCUT2D eigenvalue weighted by atomic mass is 35.5. The molecule has 0 saturated carbocycles. The quantitative estimate of drug-likeness (QED) is 0.861. The van der Waals surface area contributed by atoms with Crippen LogP contribution in [0.15, 0.2) is 12.3 Å². The van der Waals surface area contributed by atoms with Crippen LogP contribution in [0.1, 0.15) is 11.4 Å². The van der Waals surface area contributed by atoms with Crippen LogP contribution in [0.5, 0.6) is 0 Å². The summed E-state index contributed by atoms with van der Waals surface area (Å²) < 4.78 is 39.8. The number of carbonyl (C=O) groups is 2. The van der Waals surface area contributed by atoms with E-state index >= 15 is 0 Å². The summed E-state index contributed by atoms with van der Waals surface area (Å²) in [6.45, 7) is 0.222. The number of carbonyl (C=O) groups excluding carboxylic acids is 2. The molecule has 3 rings (SSSR count). The summed E-state index contributed by atoms with van der Waals surface area (Å²) in [5, 5.41) is 9.63. The van der Waals surface area contributed by atoms with Crippen LogP contribution in [0.25, 0.3) is 5.65 Å². The highest BCUT2D eigenvalue weighted by molar-refractivity contribution is 8.13. The third kappa shape index (κ3) is 3.82. The van der Waals surface area contributed by atoms with Crippen LogP contribution in [-0.2, 0) is 17.5 Å². The number of alkyl halides is 3. The van der Waals surface area contributed by atoms with Gasteiger partial charge in [0.25, 0.3) is 5.24 Å². The van der Waals surface area contributed by atoms with Crippen molar-refractivity contribution in [3.8, 4) is 0 Å². The van der Waals surface area contributed by atoms with Crippen molar-refractivity contribution in [2.24, 2.45) is 0 Å². The molecule has 0 aromatic carbocycles. The first-order valence-corrected chi connectivity index (χ1v) is 8.41. The van der Waals surface area contributed by atoms with E-state index < -0.39 is 17.6 Å². The molecule has 12 heteroatoms. The van der Waals surface area contributed by atoms with Gasteiger partial charge in [0, 0.05) is 18.5 Å². The van der Waals surface area contributed by atoms with Crippen molar-refractivity contribution < 1.29 is 22.8 Å². The number of hydrogen-bond acceptors (Lipinski definition) is 5. The number of amides is 2. The fourth-order valence-electron chi connectivity index (χ4n) is 2.25. The van der Waals surface area contributed by atoms with Gasteiger partial charge in [-0.2, -0.15) is 13.2 Å². The van der Waals surface area contributed by atoms with E-state index in [9.17, 15) is 22.8 Å². The number of thioether (sulfide) groups is 1. The van der Waals surface area contributed by atoms with Gasteiger partial charge in [-0.15, -0.1) is 10.2 Å². The summed E-state index contributed by atoms with van der Waals surface area (Å²) in [7, 11) is 0. The lowest BCUT2D eigenvalue weighted by Gasteiger charge is -2.13. The molecule has 0 aliphatic carbocycles. The van der Waals surface area contributed by atoms with E-state index in [4.69, 9.17) is 11.6 Å². The molecule has 0 unspecified atom stereocenters. The zero-order valence-corrected chi connectivity index (χ0v) is 14.1. The Balaban J connectivity index is 1.74. The third-order valence-corrected chi connectivity index (χ3v) is 4.65. The summed E-state index contributed by atoms with van der Waals surface area (Å²) >= 11 is 6.95. The predicted octanol–water partition coefficient (Wildman–Crippen LogP) is 2.19. The van der Waals surface area contributed by atoms with Crippen molar-refractivity contribution in [2.75, 3.05) is 18.8 Å². The van der Waals surface area contributed by atoms with E-state index in [0.717, 1.165) is 28.4 Å². The number of pyridine rings is 1. The molecular weight excluding hydrogens is 383 g/mol. The first-order chi connectivity index (χ1) is 11.8. The minimum absolute atomic E-state index is 0.0602. The maximum absolute atomic E-state index is 12.9. The lowest BCUT2D eigenvalue weighted by atomic mass is 10.3. The molecule has 2 aromatic rings. The molecule has 1 N–H and O–H groups in total. The van der Waals surface area contributed by atoms with Gasteiger partial charge in [0.1, 0.15) is 6.54 Å². The second-order valence-electron chi connectivity index (χ2n) is 5.20. The Labute approximate surface area is 148 Å². The second kappa shape index (κ2) is 6.71. The average Bonchev–Trinajstić information content (AvgIpc) is 3.11. The van der Waals surface area contributed by atoms with Crippen molar-refractivity contribution >= 4 is 40.2 Å². The Morgan fingerprint density at radius 2 is 2.16 bits per heavy atom. The van der Waals surface area contributed by atoms with Crippen LogP contribution in [-0.4, -0.2) is 49.5 Å². The average molecular weight is 394 g/mol. The number of halogens is 4. The molecule has 2 aromatic heterocycles. The number of rotatable bonds is 4. The number of aromatic nitrogens is 3. The highest BCUT2D eigenvalue weighted by Crippen LogP contribution is 2.32. The molecular formula is C13H11ClF3N5O2S. The summed E-state index contributed by atoms with van der Waals surface area (Å²) in [4.78, 5) is 24.7. The van der Waals surface area contributed by atoms with Gasteiger partial charge in [-0.1, -0.05) is 23.4 Å².